The molecule has 2 aromatic carbocycles. The summed E-state index contributed by atoms with van der Waals surface area (Å²) in [6.45, 7) is 0.213. The Morgan fingerprint density at radius 3 is 2.32 bits per heavy atom. The van der Waals surface area contributed by atoms with Crippen LogP contribution in [0, 0.1) is 5.82 Å². The summed E-state index contributed by atoms with van der Waals surface area (Å²) in [5.74, 6) is 0.954. The first-order valence-electron chi connectivity index (χ1n) is 7.54. The zero-order chi connectivity index (χ0) is 18.0. The maximum Gasteiger partial charge on any atom is 0.167 e. The van der Waals surface area contributed by atoms with Gasteiger partial charge in [-0.3, -0.25) is 4.98 Å². The van der Waals surface area contributed by atoms with Crippen LogP contribution >= 0.6 is 0 Å². The van der Waals surface area contributed by atoms with Crippen LogP contribution in [-0.4, -0.2) is 19.2 Å². The van der Waals surface area contributed by atoms with Crippen LogP contribution in [0.25, 0.3) is 10.9 Å². The molecule has 0 spiro atoms. The Bertz CT molecular complexity index is 931. The largest absolute Gasteiger partial charge is 0.493 e. The van der Waals surface area contributed by atoms with Crippen LogP contribution in [0.2, 0.25) is 0 Å². The quantitative estimate of drug-likeness (QED) is 0.691. The highest BCUT2D eigenvalue weighted by atomic mass is 19.1. The molecule has 0 saturated carbocycles. The lowest BCUT2D eigenvalue weighted by Crippen LogP contribution is -2.02. The fourth-order valence-electron chi connectivity index (χ4n) is 2.48. The normalized spacial score (nSPS) is 10.7. The zero-order valence-electron chi connectivity index (χ0n) is 13.9. The van der Waals surface area contributed by atoms with Crippen molar-refractivity contribution < 1.29 is 18.6 Å². The molecule has 0 saturated heterocycles. The fraction of sp³-hybridized carbons (Fsp3) is 0.167. The van der Waals surface area contributed by atoms with Gasteiger partial charge in [0.05, 0.1) is 25.4 Å². The van der Waals surface area contributed by atoms with Crippen LogP contribution in [0.4, 0.5) is 10.1 Å². The summed E-state index contributed by atoms with van der Waals surface area (Å²) < 4.78 is 30.5. The molecule has 0 radical (unpaired) electrons. The number of ether oxygens (including phenoxy) is 3. The van der Waals surface area contributed by atoms with Gasteiger partial charge in [-0.1, -0.05) is 0 Å². The molecule has 1 heterocycles. The van der Waals surface area contributed by atoms with E-state index < -0.39 is 5.82 Å². The Hall–Kier alpha value is -3.06. The van der Waals surface area contributed by atoms with Crippen LogP contribution in [0.5, 0.6) is 23.0 Å². The van der Waals surface area contributed by atoms with E-state index in [9.17, 15) is 4.39 Å². The van der Waals surface area contributed by atoms with Gasteiger partial charge in [-0.25, -0.2) is 4.39 Å². The van der Waals surface area contributed by atoms with Crippen LogP contribution < -0.4 is 25.7 Å². The monoisotopic (exact) mass is 343 g/mol. The summed E-state index contributed by atoms with van der Waals surface area (Å²) in [6, 6.07) is 9.36. The maximum absolute atomic E-state index is 14.1. The molecule has 130 valence electrons. The number of methoxy groups -OCH3 is 2. The molecule has 0 atom stereocenters. The van der Waals surface area contributed by atoms with Gasteiger partial charge in [-0.2, -0.15) is 0 Å². The number of nitrogens with two attached hydrogens (primary N) is 2. The van der Waals surface area contributed by atoms with Crippen molar-refractivity contribution in [1.29, 1.82) is 0 Å². The number of pyridine rings is 1. The molecule has 4 N–H and O–H groups in total. The second kappa shape index (κ2) is 6.82. The first-order valence-corrected chi connectivity index (χ1v) is 7.54. The van der Waals surface area contributed by atoms with Gasteiger partial charge in [0.1, 0.15) is 5.75 Å². The van der Waals surface area contributed by atoms with Gasteiger partial charge in [-0.15, -0.1) is 0 Å². The zero-order valence-corrected chi connectivity index (χ0v) is 13.9. The van der Waals surface area contributed by atoms with Gasteiger partial charge < -0.3 is 25.7 Å². The van der Waals surface area contributed by atoms with Gasteiger partial charge in [0.15, 0.2) is 23.1 Å². The summed E-state index contributed by atoms with van der Waals surface area (Å²) in [5, 5.41) is 0.645. The highest BCUT2D eigenvalue weighted by molar-refractivity contribution is 5.88. The molecule has 3 rings (SSSR count). The summed E-state index contributed by atoms with van der Waals surface area (Å²) in [4.78, 5) is 4.46. The molecule has 1 aromatic heterocycles. The number of aromatic nitrogens is 1. The molecular formula is C18H18FN3O3. The Kier molecular flexibility index (Phi) is 4.58. The molecule has 25 heavy (non-hydrogen) atoms. The molecule has 0 aliphatic rings. The number of benzene rings is 2. The number of halogens is 1. The van der Waals surface area contributed by atoms with Crippen molar-refractivity contribution in [2.75, 3.05) is 20.0 Å². The van der Waals surface area contributed by atoms with Gasteiger partial charge in [-0.05, 0) is 18.2 Å². The van der Waals surface area contributed by atoms with Crippen LogP contribution in [-0.2, 0) is 6.54 Å². The minimum absolute atomic E-state index is 0.0551. The van der Waals surface area contributed by atoms with E-state index >= 15 is 0 Å². The predicted molar refractivity (Wildman–Crippen MR) is 93.6 cm³/mol. The lowest BCUT2D eigenvalue weighted by atomic mass is 10.1. The van der Waals surface area contributed by atoms with Crippen molar-refractivity contribution >= 4 is 16.6 Å². The third-order valence-corrected chi connectivity index (χ3v) is 3.71. The molecular weight excluding hydrogens is 325 g/mol. The first kappa shape index (κ1) is 16.8. The van der Waals surface area contributed by atoms with E-state index in [-0.39, 0.29) is 12.3 Å². The highest BCUT2D eigenvalue weighted by Crippen LogP contribution is 2.38. The van der Waals surface area contributed by atoms with Crippen molar-refractivity contribution in [3.05, 3.63) is 47.9 Å². The summed E-state index contributed by atoms with van der Waals surface area (Å²) in [5.41, 5.74) is 12.8. The van der Waals surface area contributed by atoms with E-state index in [2.05, 4.69) is 4.98 Å². The standard InChI is InChI=1S/C18H18FN3O3/c1-23-17-7-12-14(8-18(17)24-2)22-11(9-20)6-16(12)25-15-4-3-10(21)5-13(15)19/h3-8H,9,20-21H2,1-2H3. The molecule has 0 aliphatic carbocycles. The van der Waals surface area contributed by atoms with Gasteiger partial charge >= 0.3 is 0 Å². The van der Waals surface area contributed by atoms with E-state index in [1.165, 1.54) is 26.4 Å². The lowest BCUT2D eigenvalue weighted by molar-refractivity contribution is 0.355. The van der Waals surface area contributed by atoms with Crippen molar-refractivity contribution in [3.63, 3.8) is 0 Å². The van der Waals surface area contributed by atoms with E-state index in [0.717, 1.165) is 0 Å². The Morgan fingerprint density at radius 2 is 1.68 bits per heavy atom. The molecule has 0 unspecified atom stereocenters. The van der Waals surface area contributed by atoms with Crippen molar-refractivity contribution in [2.45, 2.75) is 6.54 Å². The molecule has 6 nitrogen and oxygen atoms in total. The minimum Gasteiger partial charge on any atom is -0.493 e. The summed E-state index contributed by atoms with van der Waals surface area (Å²) in [7, 11) is 3.07. The number of nitrogens with zero attached hydrogens (tertiary/aromatic N) is 1. The molecule has 0 bridgehead atoms. The summed E-state index contributed by atoms with van der Waals surface area (Å²) >= 11 is 0. The molecule has 0 fully saturated rings. The first-order chi connectivity index (χ1) is 12.0. The van der Waals surface area contributed by atoms with Gasteiger partial charge in [0.25, 0.3) is 0 Å². The molecule has 0 amide bonds. The van der Waals surface area contributed by atoms with Crippen molar-refractivity contribution in [2.24, 2.45) is 5.73 Å². The highest BCUT2D eigenvalue weighted by Gasteiger charge is 2.14. The van der Waals surface area contributed by atoms with E-state index in [0.29, 0.717) is 39.5 Å². The average molecular weight is 343 g/mol. The van der Waals surface area contributed by atoms with E-state index in [4.69, 9.17) is 25.7 Å². The third-order valence-electron chi connectivity index (χ3n) is 3.71. The van der Waals surface area contributed by atoms with Gasteiger partial charge in [0.2, 0.25) is 0 Å². The van der Waals surface area contributed by atoms with E-state index in [1.807, 2.05) is 0 Å². The van der Waals surface area contributed by atoms with Crippen LogP contribution in [0.15, 0.2) is 36.4 Å². The molecule has 0 aliphatic heterocycles. The Morgan fingerprint density at radius 1 is 0.960 bits per heavy atom. The number of hydrogen-bond donors (Lipinski definition) is 2. The van der Waals surface area contributed by atoms with E-state index in [1.54, 1.807) is 24.3 Å². The second-order valence-corrected chi connectivity index (χ2v) is 5.33. The number of hydrogen-bond acceptors (Lipinski definition) is 6. The summed E-state index contributed by atoms with van der Waals surface area (Å²) in [6.07, 6.45) is 0. The number of nitrogen functional groups attached to an aromatic ring is 1. The lowest BCUT2D eigenvalue weighted by Gasteiger charge is -2.14. The number of anilines is 1. The Labute approximate surface area is 144 Å². The number of rotatable bonds is 5. The average Bonchev–Trinajstić information content (AvgIpc) is 2.62. The molecule has 3 aromatic rings. The Balaban J connectivity index is 2.17. The predicted octanol–water partition coefficient (Wildman–Crippen LogP) is 3.22. The minimum atomic E-state index is -0.556. The smallest absolute Gasteiger partial charge is 0.167 e. The third kappa shape index (κ3) is 3.27. The fourth-order valence-corrected chi connectivity index (χ4v) is 2.48. The maximum atomic E-state index is 14.1. The topological polar surface area (TPSA) is 92.6 Å². The molecule has 7 heteroatoms. The number of fused-ring (bicyclic) bond motifs is 1. The van der Waals surface area contributed by atoms with Crippen LogP contribution in [0.1, 0.15) is 5.69 Å². The second-order valence-electron chi connectivity index (χ2n) is 5.33. The van der Waals surface area contributed by atoms with Crippen molar-refractivity contribution in [3.8, 4) is 23.0 Å². The van der Waals surface area contributed by atoms with Crippen LogP contribution in [0.3, 0.4) is 0 Å². The SMILES string of the molecule is COc1cc2nc(CN)cc(Oc3ccc(N)cc3F)c2cc1OC. The van der Waals surface area contributed by atoms with Gasteiger partial charge in [0, 0.05) is 35.8 Å². The van der Waals surface area contributed by atoms with Crippen molar-refractivity contribution in [1.82, 2.24) is 4.98 Å².